The van der Waals surface area contributed by atoms with Crippen LogP contribution in [-0.2, 0) is 9.59 Å². The van der Waals surface area contributed by atoms with Gasteiger partial charge < -0.3 is 10.6 Å². The molecule has 3 amide bonds. The molecule has 0 atom stereocenters. The van der Waals surface area contributed by atoms with Crippen LogP contribution in [0.5, 0.6) is 0 Å². The molecule has 158 valence electrons. The minimum Gasteiger partial charge on any atom is -0.325 e. The van der Waals surface area contributed by atoms with Crippen LogP contribution < -0.4 is 16.1 Å². The van der Waals surface area contributed by atoms with Crippen LogP contribution in [0.3, 0.4) is 0 Å². The topological polar surface area (TPSA) is 108 Å². The van der Waals surface area contributed by atoms with E-state index in [1.807, 2.05) is 36.4 Å². The zero-order chi connectivity index (χ0) is 22.4. The van der Waals surface area contributed by atoms with Crippen LogP contribution in [-0.4, -0.2) is 22.9 Å². The highest BCUT2D eigenvalue weighted by Gasteiger charge is 2.36. The van der Waals surface area contributed by atoms with Crippen molar-refractivity contribution < 1.29 is 19.6 Å². The van der Waals surface area contributed by atoms with E-state index >= 15 is 0 Å². The van der Waals surface area contributed by atoms with E-state index in [9.17, 15) is 14.4 Å². The molecule has 0 unspecified atom stereocenters. The lowest BCUT2D eigenvalue weighted by Gasteiger charge is -2.23. The number of rotatable bonds is 6. The third-order valence-corrected chi connectivity index (χ3v) is 4.88. The third-order valence-electron chi connectivity index (χ3n) is 4.88. The van der Waals surface area contributed by atoms with Crippen molar-refractivity contribution in [2.75, 3.05) is 10.6 Å². The summed E-state index contributed by atoms with van der Waals surface area (Å²) in [4.78, 5) is 37.6. The molecule has 3 rings (SSSR count). The number of nitrogens with one attached hydrogen (secondary N) is 3. The van der Waals surface area contributed by atoms with E-state index in [1.54, 1.807) is 41.9 Å². The van der Waals surface area contributed by atoms with E-state index < -0.39 is 23.1 Å². The first-order valence-corrected chi connectivity index (χ1v) is 9.65. The van der Waals surface area contributed by atoms with Crippen molar-refractivity contribution in [2.45, 2.75) is 13.8 Å². The summed E-state index contributed by atoms with van der Waals surface area (Å²) in [5, 5.41) is 14.5. The molecule has 4 N–H and O–H groups in total. The van der Waals surface area contributed by atoms with Crippen LogP contribution in [0, 0.1) is 5.41 Å². The Bertz CT molecular complexity index is 1100. The number of carbonyl (C=O) groups excluding carboxylic acids is 3. The van der Waals surface area contributed by atoms with Crippen molar-refractivity contribution in [1.29, 1.82) is 0 Å². The molecule has 0 saturated heterocycles. The molecule has 0 bridgehead atoms. The number of hydroxylamine groups is 1. The number of benzene rings is 3. The molecule has 0 heterocycles. The minimum atomic E-state index is -1.36. The second-order valence-electron chi connectivity index (χ2n) is 7.47. The Morgan fingerprint density at radius 3 is 1.87 bits per heavy atom. The lowest BCUT2D eigenvalue weighted by molar-refractivity contribution is -0.135. The molecule has 0 aliphatic rings. The molecule has 7 heteroatoms. The normalized spacial score (nSPS) is 10.8. The van der Waals surface area contributed by atoms with E-state index in [0.717, 1.165) is 5.56 Å². The second kappa shape index (κ2) is 9.23. The molecule has 0 aliphatic heterocycles. The Kier molecular flexibility index (Phi) is 6.47. The molecule has 0 fully saturated rings. The maximum atomic E-state index is 12.9. The molecule has 0 spiro atoms. The fourth-order valence-electron chi connectivity index (χ4n) is 2.94. The summed E-state index contributed by atoms with van der Waals surface area (Å²) >= 11 is 0. The predicted molar refractivity (Wildman–Crippen MR) is 119 cm³/mol. The number of anilines is 2. The van der Waals surface area contributed by atoms with Gasteiger partial charge in [-0.05, 0) is 55.3 Å². The van der Waals surface area contributed by atoms with E-state index in [0.29, 0.717) is 16.9 Å². The smallest absolute Gasteiger partial charge is 0.275 e. The molecule has 0 saturated carbocycles. The highest BCUT2D eigenvalue weighted by Crippen LogP contribution is 2.28. The minimum absolute atomic E-state index is 0.243. The summed E-state index contributed by atoms with van der Waals surface area (Å²) in [6.45, 7) is 3.07. The van der Waals surface area contributed by atoms with Crippen LogP contribution in [0.25, 0.3) is 11.1 Å². The van der Waals surface area contributed by atoms with Gasteiger partial charge in [-0.1, -0.05) is 48.5 Å². The Labute approximate surface area is 180 Å². The van der Waals surface area contributed by atoms with Gasteiger partial charge >= 0.3 is 0 Å². The van der Waals surface area contributed by atoms with Gasteiger partial charge in [0, 0.05) is 16.9 Å². The van der Waals surface area contributed by atoms with Crippen molar-refractivity contribution in [2.24, 2.45) is 5.41 Å². The highest BCUT2D eigenvalue weighted by molar-refractivity contribution is 6.14. The zero-order valence-corrected chi connectivity index (χ0v) is 17.2. The van der Waals surface area contributed by atoms with Crippen LogP contribution in [0.1, 0.15) is 24.2 Å². The first kappa shape index (κ1) is 21.7. The van der Waals surface area contributed by atoms with Crippen LogP contribution in [0.2, 0.25) is 0 Å². The fraction of sp³-hybridized carbons (Fsp3) is 0.125. The monoisotopic (exact) mass is 417 g/mol. The highest BCUT2D eigenvalue weighted by atomic mass is 16.5. The number of hydrogen-bond acceptors (Lipinski definition) is 4. The standard InChI is InChI=1S/C24H23N3O4/c1-24(2,22(29)25-17-11-7-4-8-12-17)23(30)26-18-13-14-19(21(28)27-31)20(15-18)16-9-5-3-6-10-16/h3-15,31H,1-2H3,(H,25,29)(H,26,30)(H,27,28). The van der Waals surface area contributed by atoms with Crippen molar-refractivity contribution in [3.05, 3.63) is 84.4 Å². The molecule has 3 aromatic carbocycles. The largest absolute Gasteiger partial charge is 0.325 e. The Balaban J connectivity index is 1.85. The Morgan fingerprint density at radius 1 is 0.742 bits per heavy atom. The zero-order valence-electron chi connectivity index (χ0n) is 17.2. The summed E-state index contributed by atoms with van der Waals surface area (Å²) in [5.41, 5.74) is 2.79. The van der Waals surface area contributed by atoms with Crippen LogP contribution in [0.4, 0.5) is 11.4 Å². The summed E-state index contributed by atoms with van der Waals surface area (Å²) in [5.74, 6) is -1.62. The average Bonchev–Trinajstić information content (AvgIpc) is 2.79. The average molecular weight is 417 g/mol. The molecule has 0 radical (unpaired) electrons. The van der Waals surface area contributed by atoms with Gasteiger partial charge in [0.1, 0.15) is 5.41 Å². The fourth-order valence-corrected chi connectivity index (χ4v) is 2.94. The number of amides is 3. The molecule has 31 heavy (non-hydrogen) atoms. The first-order chi connectivity index (χ1) is 14.8. The maximum absolute atomic E-state index is 12.9. The van der Waals surface area contributed by atoms with Gasteiger partial charge in [-0.2, -0.15) is 0 Å². The van der Waals surface area contributed by atoms with E-state index in [-0.39, 0.29) is 5.56 Å². The molecule has 0 aliphatic carbocycles. The summed E-state index contributed by atoms with van der Waals surface area (Å²) in [6.07, 6.45) is 0. The Morgan fingerprint density at radius 2 is 1.29 bits per heavy atom. The number of hydrogen-bond donors (Lipinski definition) is 4. The molecular weight excluding hydrogens is 394 g/mol. The van der Waals surface area contributed by atoms with Gasteiger partial charge in [0.25, 0.3) is 5.91 Å². The van der Waals surface area contributed by atoms with Crippen molar-refractivity contribution in [3.8, 4) is 11.1 Å². The van der Waals surface area contributed by atoms with E-state index in [2.05, 4.69) is 10.6 Å². The van der Waals surface area contributed by atoms with Crippen LogP contribution >= 0.6 is 0 Å². The first-order valence-electron chi connectivity index (χ1n) is 9.65. The molecule has 7 nitrogen and oxygen atoms in total. The van der Waals surface area contributed by atoms with Crippen molar-refractivity contribution >= 4 is 29.1 Å². The lowest BCUT2D eigenvalue weighted by Crippen LogP contribution is -2.41. The summed E-state index contributed by atoms with van der Waals surface area (Å²) in [6, 6.07) is 22.7. The SMILES string of the molecule is CC(C)(C(=O)Nc1ccccc1)C(=O)Nc1ccc(C(=O)NO)c(-c2ccccc2)c1. The van der Waals surface area contributed by atoms with Gasteiger partial charge in [-0.3, -0.25) is 19.6 Å². The quantitative estimate of drug-likeness (QED) is 0.275. The lowest BCUT2D eigenvalue weighted by atomic mass is 9.90. The van der Waals surface area contributed by atoms with Gasteiger partial charge in [-0.25, -0.2) is 5.48 Å². The number of carbonyl (C=O) groups is 3. The second-order valence-corrected chi connectivity index (χ2v) is 7.47. The summed E-state index contributed by atoms with van der Waals surface area (Å²) < 4.78 is 0. The van der Waals surface area contributed by atoms with Gasteiger partial charge in [0.2, 0.25) is 11.8 Å². The van der Waals surface area contributed by atoms with E-state index in [4.69, 9.17) is 5.21 Å². The maximum Gasteiger partial charge on any atom is 0.275 e. The van der Waals surface area contributed by atoms with E-state index in [1.165, 1.54) is 19.9 Å². The van der Waals surface area contributed by atoms with Crippen molar-refractivity contribution in [3.63, 3.8) is 0 Å². The van der Waals surface area contributed by atoms with Crippen LogP contribution in [0.15, 0.2) is 78.9 Å². The van der Waals surface area contributed by atoms with Gasteiger partial charge in [0.05, 0.1) is 0 Å². The molecule has 3 aromatic rings. The molecule has 0 aromatic heterocycles. The summed E-state index contributed by atoms with van der Waals surface area (Å²) in [7, 11) is 0. The van der Waals surface area contributed by atoms with Gasteiger partial charge in [0.15, 0.2) is 0 Å². The third kappa shape index (κ3) is 4.96. The molecular formula is C24H23N3O4. The predicted octanol–water partition coefficient (Wildman–Crippen LogP) is 4.08. The Hall–Kier alpha value is -3.97. The van der Waals surface area contributed by atoms with Crippen molar-refractivity contribution in [1.82, 2.24) is 5.48 Å². The van der Waals surface area contributed by atoms with Gasteiger partial charge in [-0.15, -0.1) is 0 Å². The number of para-hydroxylation sites is 1.